The summed E-state index contributed by atoms with van der Waals surface area (Å²) in [5.74, 6) is 1.48. The van der Waals surface area contributed by atoms with E-state index in [1.807, 2.05) is 25.1 Å². The van der Waals surface area contributed by atoms with Gasteiger partial charge in [0.15, 0.2) is 11.0 Å². The van der Waals surface area contributed by atoms with E-state index in [9.17, 15) is 4.79 Å². The molecule has 0 spiro atoms. The van der Waals surface area contributed by atoms with Gasteiger partial charge in [-0.25, -0.2) is 4.98 Å². The average Bonchev–Trinajstić information content (AvgIpc) is 3.14. The Balaban J connectivity index is 1.73. The molecule has 0 bridgehead atoms. The Hall–Kier alpha value is -2.19. The van der Waals surface area contributed by atoms with Crippen LogP contribution >= 0.6 is 23.1 Å². The second kappa shape index (κ2) is 6.93. The van der Waals surface area contributed by atoms with Gasteiger partial charge < -0.3 is 4.52 Å². The van der Waals surface area contributed by atoms with E-state index in [0.29, 0.717) is 28.2 Å². The molecular formula is C15H14N4O2S2. The summed E-state index contributed by atoms with van der Waals surface area (Å²) in [5, 5.41) is 7.18. The van der Waals surface area contributed by atoms with Crippen LogP contribution in [-0.4, -0.2) is 21.0 Å². The highest BCUT2D eigenvalue weighted by Gasteiger charge is 2.14. The third kappa shape index (κ3) is 3.96. The van der Waals surface area contributed by atoms with Crippen molar-refractivity contribution in [1.29, 1.82) is 0 Å². The predicted molar refractivity (Wildman–Crippen MR) is 89.8 cm³/mol. The minimum Gasteiger partial charge on any atom is -0.338 e. The molecule has 0 fully saturated rings. The number of aryl methyl sites for hydroxylation is 2. The van der Waals surface area contributed by atoms with Gasteiger partial charge in [0.05, 0.1) is 11.3 Å². The molecule has 1 N–H and O–H groups in total. The van der Waals surface area contributed by atoms with Crippen LogP contribution in [0.3, 0.4) is 0 Å². The van der Waals surface area contributed by atoms with E-state index in [2.05, 4.69) is 20.4 Å². The fraction of sp³-hybridized carbons (Fsp3) is 0.200. The van der Waals surface area contributed by atoms with E-state index in [-0.39, 0.29) is 5.91 Å². The molecule has 0 radical (unpaired) electrons. The molecule has 3 aromatic rings. The van der Waals surface area contributed by atoms with Crippen LogP contribution in [0.1, 0.15) is 27.0 Å². The number of amides is 1. The number of carbonyl (C=O) groups is 1. The summed E-state index contributed by atoms with van der Waals surface area (Å²) in [7, 11) is 0. The van der Waals surface area contributed by atoms with Gasteiger partial charge in [0.2, 0.25) is 5.89 Å². The Kier molecular flexibility index (Phi) is 4.73. The number of nitrogens with zero attached hydrogens (tertiary/aromatic N) is 3. The number of carbonyl (C=O) groups excluding carboxylic acids is 1. The van der Waals surface area contributed by atoms with Gasteiger partial charge in [-0.15, -0.1) is 23.1 Å². The van der Waals surface area contributed by atoms with Gasteiger partial charge in [-0.3, -0.25) is 10.1 Å². The molecule has 0 aliphatic heterocycles. The van der Waals surface area contributed by atoms with Crippen LogP contribution in [-0.2, 0) is 5.75 Å². The van der Waals surface area contributed by atoms with Crippen molar-refractivity contribution >= 4 is 34.1 Å². The first-order chi connectivity index (χ1) is 11.1. The number of thiazole rings is 1. The maximum atomic E-state index is 12.5. The molecule has 3 rings (SSSR count). The van der Waals surface area contributed by atoms with Gasteiger partial charge in [0.1, 0.15) is 0 Å². The highest BCUT2D eigenvalue weighted by molar-refractivity contribution is 7.98. The molecule has 0 atom stereocenters. The topological polar surface area (TPSA) is 80.9 Å². The van der Waals surface area contributed by atoms with Crippen molar-refractivity contribution in [3.05, 3.63) is 52.6 Å². The van der Waals surface area contributed by atoms with Gasteiger partial charge in [-0.1, -0.05) is 17.3 Å². The molecule has 23 heavy (non-hydrogen) atoms. The lowest BCUT2D eigenvalue weighted by Crippen LogP contribution is -2.12. The number of benzene rings is 1. The Bertz CT molecular complexity index is 828. The summed E-state index contributed by atoms with van der Waals surface area (Å²) in [6.07, 6.45) is 1.73. The number of thioether (sulfide) groups is 1. The molecule has 6 nitrogen and oxygen atoms in total. The van der Waals surface area contributed by atoms with E-state index in [1.54, 1.807) is 19.2 Å². The third-order valence-electron chi connectivity index (χ3n) is 2.89. The molecular weight excluding hydrogens is 332 g/mol. The molecule has 118 valence electrons. The average molecular weight is 346 g/mol. The molecule has 2 heterocycles. The van der Waals surface area contributed by atoms with Crippen LogP contribution in [0.2, 0.25) is 0 Å². The summed E-state index contributed by atoms with van der Waals surface area (Å²) in [4.78, 5) is 22.7. The molecule has 2 aromatic heterocycles. The van der Waals surface area contributed by atoms with Crippen LogP contribution in [0, 0.1) is 13.8 Å². The smallest absolute Gasteiger partial charge is 0.258 e. The quantitative estimate of drug-likeness (QED) is 0.710. The maximum absolute atomic E-state index is 12.5. The number of aromatic nitrogens is 3. The highest BCUT2D eigenvalue weighted by atomic mass is 32.2. The van der Waals surface area contributed by atoms with Crippen molar-refractivity contribution in [2.24, 2.45) is 0 Å². The second-order valence-electron chi connectivity index (χ2n) is 4.75. The van der Waals surface area contributed by atoms with Crippen molar-refractivity contribution in [3.8, 4) is 0 Å². The Morgan fingerprint density at radius 2 is 2.17 bits per heavy atom. The predicted octanol–water partition coefficient (Wildman–Crippen LogP) is 3.69. The third-order valence-corrected chi connectivity index (χ3v) is 4.78. The lowest BCUT2D eigenvalue weighted by atomic mass is 10.2. The highest BCUT2D eigenvalue weighted by Crippen LogP contribution is 2.27. The number of rotatable bonds is 5. The van der Waals surface area contributed by atoms with Crippen LogP contribution in [0.5, 0.6) is 0 Å². The zero-order chi connectivity index (χ0) is 16.2. The van der Waals surface area contributed by atoms with Gasteiger partial charge in [-0.2, -0.15) is 4.98 Å². The van der Waals surface area contributed by atoms with Gasteiger partial charge in [0, 0.05) is 16.0 Å². The summed E-state index contributed by atoms with van der Waals surface area (Å²) in [5.41, 5.74) is 0.599. The Morgan fingerprint density at radius 3 is 2.87 bits per heavy atom. The van der Waals surface area contributed by atoms with E-state index < -0.39 is 0 Å². The van der Waals surface area contributed by atoms with Crippen LogP contribution in [0.25, 0.3) is 0 Å². The van der Waals surface area contributed by atoms with Crippen LogP contribution in [0.15, 0.2) is 39.9 Å². The fourth-order valence-corrected chi connectivity index (χ4v) is 3.44. The molecule has 0 aliphatic carbocycles. The van der Waals surface area contributed by atoms with E-state index in [1.165, 1.54) is 23.1 Å². The molecule has 1 amide bonds. The molecule has 0 saturated heterocycles. The normalized spacial score (nSPS) is 10.7. The largest absolute Gasteiger partial charge is 0.338 e. The van der Waals surface area contributed by atoms with Crippen molar-refractivity contribution < 1.29 is 9.32 Å². The molecule has 0 unspecified atom stereocenters. The first-order valence-electron chi connectivity index (χ1n) is 6.86. The number of nitrogens with one attached hydrogen (secondary N) is 1. The summed E-state index contributed by atoms with van der Waals surface area (Å²) in [6, 6.07) is 7.42. The van der Waals surface area contributed by atoms with Crippen molar-refractivity contribution in [2.45, 2.75) is 24.5 Å². The lowest BCUT2D eigenvalue weighted by molar-refractivity contribution is 0.102. The SMILES string of the molecule is Cc1noc(CSc2ccccc2C(=O)Nc2ncc(C)s2)n1. The number of hydrogen-bond acceptors (Lipinski definition) is 7. The molecule has 0 saturated carbocycles. The van der Waals surface area contributed by atoms with E-state index in [0.717, 1.165) is 9.77 Å². The summed E-state index contributed by atoms with van der Waals surface area (Å²) < 4.78 is 5.09. The Morgan fingerprint density at radius 1 is 1.35 bits per heavy atom. The summed E-state index contributed by atoms with van der Waals surface area (Å²) in [6.45, 7) is 3.72. The van der Waals surface area contributed by atoms with Crippen LogP contribution < -0.4 is 5.32 Å². The zero-order valence-electron chi connectivity index (χ0n) is 12.6. The number of hydrogen-bond donors (Lipinski definition) is 1. The zero-order valence-corrected chi connectivity index (χ0v) is 14.2. The minimum absolute atomic E-state index is 0.177. The van der Waals surface area contributed by atoms with E-state index in [4.69, 9.17) is 4.52 Å². The van der Waals surface area contributed by atoms with Gasteiger partial charge >= 0.3 is 0 Å². The van der Waals surface area contributed by atoms with Crippen molar-refractivity contribution in [3.63, 3.8) is 0 Å². The molecule has 8 heteroatoms. The minimum atomic E-state index is -0.177. The standard InChI is InChI=1S/C15H14N4O2S2/c1-9-7-16-15(23-9)18-14(20)11-5-3-4-6-12(11)22-8-13-17-10(2)19-21-13/h3-7H,8H2,1-2H3,(H,16,18,20). The van der Waals surface area contributed by atoms with Gasteiger partial charge in [-0.05, 0) is 26.0 Å². The first-order valence-corrected chi connectivity index (χ1v) is 8.67. The first kappa shape index (κ1) is 15.7. The van der Waals surface area contributed by atoms with Crippen molar-refractivity contribution in [1.82, 2.24) is 15.1 Å². The maximum Gasteiger partial charge on any atom is 0.258 e. The van der Waals surface area contributed by atoms with Crippen LogP contribution in [0.4, 0.5) is 5.13 Å². The van der Waals surface area contributed by atoms with Gasteiger partial charge in [0.25, 0.3) is 5.91 Å². The number of anilines is 1. The monoisotopic (exact) mass is 346 g/mol. The second-order valence-corrected chi connectivity index (χ2v) is 7.00. The fourth-order valence-electron chi connectivity index (χ4n) is 1.90. The van der Waals surface area contributed by atoms with E-state index >= 15 is 0 Å². The molecule has 1 aromatic carbocycles. The Labute approximate surface area is 141 Å². The van der Waals surface area contributed by atoms with Crippen molar-refractivity contribution in [2.75, 3.05) is 5.32 Å². The summed E-state index contributed by atoms with van der Waals surface area (Å²) >= 11 is 2.93. The molecule has 0 aliphatic rings. The lowest BCUT2D eigenvalue weighted by Gasteiger charge is -2.07.